The van der Waals surface area contributed by atoms with Crippen LogP contribution in [0.25, 0.3) is 10.9 Å². The van der Waals surface area contributed by atoms with Crippen LogP contribution in [-0.4, -0.2) is 48.1 Å². The van der Waals surface area contributed by atoms with Gasteiger partial charge in [0.15, 0.2) is 0 Å². The van der Waals surface area contributed by atoms with Gasteiger partial charge in [-0.1, -0.05) is 15.9 Å². The molecule has 124 valence electrons. The quantitative estimate of drug-likeness (QED) is 0.615. The first-order valence-electron chi connectivity index (χ1n) is 6.98. The Hall–Kier alpha value is -1.38. The minimum atomic E-state index is -0.622. The van der Waals surface area contributed by atoms with Crippen LogP contribution in [0.15, 0.2) is 25.9 Å². The number of aromatic nitrogens is 1. The number of hydrogen-bond acceptors (Lipinski definition) is 4. The molecule has 2 rings (SSSR count). The molecule has 0 aliphatic rings. The zero-order chi connectivity index (χ0) is 17.1. The van der Waals surface area contributed by atoms with Crippen molar-refractivity contribution in [2.45, 2.75) is 6.42 Å². The van der Waals surface area contributed by atoms with Crippen molar-refractivity contribution in [3.8, 4) is 5.75 Å². The van der Waals surface area contributed by atoms with Crippen LogP contribution in [0, 0.1) is 0 Å². The van der Waals surface area contributed by atoms with Gasteiger partial charge in [0, 0.05) is 20.9 Å². The van der Waals surface area contributed by atoms with Gasteiger partial charge in [0.2, 0.25) is 0 Å². The molecule has 1 amide bonds. The summed E-state index contributed by atoms with van der Waals surface area (Å²) in [5.41, 5.74) is -0.449. The summed E-state index contributed by atoms with van der Waals surface area (Å²) < 4.78 is 1.34. The third-order valence-corrected chi connectivity index (χ3v) is 4.39. The average molecular weight is 447 g/mol. The molecule has 0 fully saturated rings. The Morgan fingerprint density at radius 3 is 2.70 bits per heavy atom. The van der Waals surface area contributed by atoms with Gasteiger partial charge >= 0.3 is 0 Å². The first-order chi connectivity index (χ1) is 10.8. The van der Waals surface area contributed by atoms with Crippen LogP contribution >= 0.6 is 31.9 Å². The average Bonchev–Trinajstić information content (AvgIpc) is 2.45. The van der Waals surface area contributed by atoms with E-state index in [4.69, 9.17) is 0 Å². The molecule has 6 nitrogen and oxygen atoms in total. The second-order valence-corrected chi connectivity index (χ2v) is 7.17. The summed E-state index contributed by atoms with van der Waals surface area (Å²) in [5.74, 6) is -0.906. The highest BCUT2D eigenvalue weighted by molar-refractivity contribution is 9.11. The van der Waals surface area contributed by atoms with Crippen molar-refractivity contribution in [2.75, 3.05) is 27.2 Å². The topological polar surface area (TPSA) is 85.4 Å². The maximum absolute atomic E-state index is 12.2. The maximum Gasteiger partial charge on any atom is 0.265 e. The van der Waals surface area contributed by atoms with Crippen molar-refractivity contribution < 1.29 is 9.90 Å². The predicted molar refractivity (Wildman–Crippen MR) is 97.1 cm³/mol. The lowest BCUT2D eigenvalue weighted by Crippen LogP contribution is -2.31. The number of carbonyl (C=O) groups excluding carboxylic acids is 1. The number of amides is 1. The Kier molecular flexibility index (Phi) is 5.83. The van der Waals surface area contributed by atoms with Gasteiger partial charge < -0.3 is 20.3 Å². The molecule has 0 unspecified atom stereocenters. The Labute approximate surface area is 150 Å². The zero-order valence-electron chi connectivity index (χ0n) is 12.7. The molecule has 0 radical (unpaired) electrons. The highest BCUT2D eigenvalue weighted by Gasteiger charge is 2.20. The molecule has 23 heavy (non-hydrogen) atoms. The number of aromatic amines is 1. The molecule has 8 heteroatoms. The van der Waals surface area contributed by atoms with Gasteiger partial charge in [-0.3, -0.25) is 9.59 Å². The fraction of sp³-hybridized carbons (Fsp3) is 0.333. The molecular formula is C15H17Br2N3O3. The van der Waals surface area contributed by atoms with Crippen molar-refractivity contribution in [2.24, 2.45) is 0 Å². The smallest absolute Gasteiger partial charge is 0.265 e. The number of benzene rings is 1. The lowest BCUT2D eigenvalue weighted by Gasteiger charge is -2.11. The molecule has 0 bridgehead atoms. The van der Waals surface area contributed by atoms with Gasteiger partial charge in [-0.15, -0.1) is 0 Å². The van der Waals surface area contributed by atoms with E-state index in [0.29, 0.717) is 21.9 Å². The van der Waals surface area contributed by atoms with Crippen molar-refractivity contribution in [3.63, 3.8) is 0 Å². The molecule has 0 spiro atoms. The lowest BCUT2D eigenvalue weighted by molar-refractivity contribution is 0.0948. The van der Waals surface area contributed by atoms with E-state index in [9.17, 15) is 14.7 Å². The van der Waals surface area contributed by atoms with Crippen LogP contribution in [0.2, 0.25) is 0 Å². The molecule has 0 saturated carbocycles. The fourth-order valence-electron chi connectivity index (χ4n) is 2.20. The van der Waals surface area contributed by atoms with E-state index >= 15 is 0 Å². The van der Waals surface area contributed by atoms with Crippen LogP contribution in [0.1, 0.15) is 16.8 Å². The van der Waals surface area contributed by atoms with Crippen LogP contribution < -0.4 is 10.9 Å². The number of hydrogen-bond donors (Lipinski definition) is 3. The molecule has 0 atom stereocenters. The maximum atomic E-state index is 12.2. The van der Waals surface area contributed by atoms with E-state index in [2.05, 4.69) is 42.2 Å². The summed E-state index contributed by atoms with van der Waals surface area (Å²) >= 11 is 6.65. The normalized spacial score (nSPS) is 11.2. The summed E-state index contributed by atoms with van der Waals surface area (Å²) in [5, 5.41) is 13.4. The number of H-pyrrole nitrogens is 1. The van der Waals surface area contributed by atoms with Crippen molar-refractivity contribution in [1.82, 2.24) is 15.2 Å². The standard InChI is InChI=1S/C15H17Br2N3O3/c1-20(2)5-3-4-18-14(22)11-13(21)9-6-8(16)7-10(17)12(9)19-15(11)23/h6-7H,3-5H2,1-2H3,(H,18,22)(H2,19,21,23). The van der Waals surface area contributed by atoms with Gasteiger partial charge in [-0.25, -0.2) is 0 Å². The van der Waals surface area contributed by atoms with Gasteiger partial charge in [0.05, 0.1) is 5.52 Å². The van der Waals surface area contributed by atoms with E-state index < -0.39 is 11.5 Å². The summed E-state index contributed by atoms with van der Waals surface area (Å²) in [6, 6.07) is 3.40. The number of carbonyl (C=O) groups is 1. The van der Waals surface area contributed by atoms with Crippen molar-refractivity contribution in [1.29, 1.82) is 0 Å². The minimum Gasteiger partial charge on any atom is -0.506 e. The van der Waals surface area contributed by atoms with Crippen LogP contribution in [-0.2, 0) is 0 Å². The third-order valence-electron chi connectivity index (χ3n) is 3.31. The number of pyridine rings is 1. The number of aromatic hydroxyl groups is 1. The first-order valence-corrected chi connectivity index (χ1v) is 8.56. The minimum absolute atomic E-state index is 0.271. The van der Waals surface area contributed by atoms with Crippen LogP contribution in [0.4, 0.5) is 0 Å². The summed E-state index contributed by atoms with van der Waals surface area (Å²) in [4.78, 5) is 29.0. The lowest BCUT2D eigenvalue weighted by atomic mass is 10.1. The largest absolute Gasteiger partial charge is 0.506 e. The summed E-state index contributed by atoms with van der Waals surface area (Å²) in [7, 11) is 3.88. The second-order valence-electron chi connectivity index (χ2n) is 5.40. The van der Waals surface area contributed by atoms with Gasteiger partial charge in [-0.2, -0.15) is 0 Å². The molecule has 1 aromatic carbocycles. The fourth-order valence-corrected chi connectivity index (χ4v) is 3.53. The summed E-state index contributed by atoms with van der Waals surface area (Å²) in [6.07, 6.45) is 0.752. The predicted octanol–water partition coefficient (Wildman–Crippen LogP) is 2.44. The number of halogens is 2. The van der Waals surface area contributed by atoms with Gasteiger partial charge in [0.25, 0.3) is 11.5 Å². The molecule has 1 aromatic heterocycles. The van der Waals surface area contributed by atoms with E-state index in [1.807, 2.05) is 19.0 Å². The van der Waals surface area contributed by atoms with E-state index in [-0.39, 0.29) is 11.3 Å². The van der Waals surface area contributed by atoms with Gasteiger partial charge in [-0.05, 0) is 55.1 Å². The van der Waals surface area contributed by atoms with Crippen LogP contribution in [0.5, 0.6) is 5.75 Å². The SMILES string of the molecule is CN(C)CCCNC(=O)c1c(O)c2cc(Br)cc(Br)c2[nH]c1=O. The molecule has 0 aliphatic carbocycles. The number of rotatable bonds is 5. The molecule has 3 N–H and O–H groups in total. The van der Waals surface area contributed by atoms with Crippen LogP contribution in [0.3, 0.4) is 0 Å². The number of nitrogens with one attached hydrogen (secondary N) is 2. The van der Waals surface area contributed by atoms with Gasteiger partial charge in [0.1, 0.15) is 11.3 Å². The van der Waals surface area contributed by atoms with E-state index in [1.54, 1.807) is 12.1 Å². The molecule has 0 aliphatic heterocycles. The molecular weight excluding hydrogens is 430 g/mol. The highest BCUT2D eigenvalue weighted by atomic mass is 79.9. The Morgan fingerprint density at radius 2 is 2.04 bits per heavy atom. The number of nitrogens with zero attached hydrogens (tertiary/aromatic N) is 1. The van der Waals surface area contributed by atoms with Crippen molar-refractivity contribution >= 4 is 48.7 Å². The molecule has 2 aromatic rings. The summed E-state index contributed by atoms with van der Waals surface area (Å²) in [6.45, 7) is 1.25. The van der Waals surface area contributed by atoms with E-state index in [1.165, 1.54) is 0 Å². The molecule has 0 saturated heterocycles. The zero-order valence-corrected chi connectivity index (χ0v) is 15.9. The monoisotopic (exact) mass is 445 g/mol. The Bertz CT molecular complexity index is 803. The Morgan fingerprint density at radius 1 is 1.35 bits per heavy atom. The Balaban J connectivity index is 2.34. The highest BCUT2D eigenvalue weighted by Crippen LogP contribution is 2.32. The third kappa shape index (κ3) is 4.13. The molecule has 1 heterocycles. The van der Waals surface area contributed by atoms with E-state index in [0.717, 1.165) is 17.4 Å². The first kappa shape index (κ1) is 18.0. The van der Waals surface area contributed by atoms with Crippen molar-refractivity contribution in [3.05, 3.63) is 37.0 Å². The second kappa shape index (κ2) is 7.46. The number of fused-ring (bicyclic) bond motifs is 1.